The van der Waals surface area contributed by atoms with E-state index in [-0.39, 0.29) is 5.91 Å². The zero-order chi connectivity index (χ0) is 14.5. The molecule has 0 aliphatic heterocycles. The molecule has 0 aromatic carbocycles. The molecular weight excluding hydrogens is 294 g/mol. The van der Waals surface area contributed by atoms with E-state index in [0.717, 1.165) is 23.6 Å². The lowest BCUT2D eigenvalue weighted by molar-refractivity contribution is -0.120. The van der Waals surface area contributed by atoms with Gasteiger partial charge in [0, 0.05) is 31.5 Å². The van der Waals surface area contributed by atoms with Gasteiger partial charge in [-0.25, -0.2) is 4.98 Å². The number of nitrogens with one attached hydrogen (secondary N) is 2. The molecular formula is C13H19N3O2S2. The molecule has 0 unspecified atom stereocenters. The van der Waals surface area contributed by atoms with Gasteiger partial charge in [0.15, 0.2) is 0 Å². The second-order valence-electron chi connectivity index (χ2n) is 3.95. The number of carbonyl (C=O) groups excluding carboxylic acids is 2. The number of rotatable bonds is 11. The molecule has 0 radical (unpaired) electrons. The van der Waals surface area contributed by atoms with Gasteiger partial charge in [-0.2, -0.15) is 0 Å². The molecule has 0 aliphatic carbocycles. The van der Waals surface area contributed by atoms with Gasteiger partial charge in [-0.3, -0.25) is 9.59 Å². The molecule has 20 heavy (non-hydrogen) atoms. The second-order valence-corrected chi connectivity index (χ2v) is 6.39. The van der Waals surface area contributed by atoms with Gasteiger partial charge in [0.05, 0.1) is 0 Å². The Morgan fingerprint density at radius 1 is 1.30 bits per heavy atom. The van der Waals surface area contributed by atoms with E-state index in [1.165, 1.54) is 0 Å². The minimum Gasteiger partial charge on any atom is -0.359 e. The van der Waals surface area contributed by atoms with E-state index in [1.54, 1.807) is 27.8 Å². The van der Waals surface area contributed by atoms with Crippen LogP contribution in [0.4, 0.5) is 0 Å². The molecule has 2 amide bonds. The zero-order valence-corrected chi connectivity index (χ0v) is 12.8. The van der Waals surface area contributed by atoms with Gasteiger partial charge in [-0.15, -0.1) is 0 Å². The minimum absolute atomic E-state index is 0.0717. The van der Waals surface area contributed by atoms with Crippen molar-refractivity contribution in [3.63, 3.8) is 0 Å². The molecule has 2 N–H and O–H groups in total. The van der Waals surface area contributed by atoms with E-state index in [4.69, 9.17) is 0 Å². The molecule has 0 saturated heterocycles. The molecule has 1 aromatic rings. The molecule has 1 rings (SSSR count). The molecule has 0 spiro atoms. The highest BCUT2D eigenvalue weighted by molar-refractivity contribution is 8.76. The predicted molar refractivity (Wildman–Crippen MR) is 83.5 cm³/mol. The fourth-order valence-corrected chi connectivity index (χ4v) is 3.23. The summed E-state index contributed by atoms with van der Waals surface area (Å²) in [6.45, 7) is 1.33. The summed E-state index contributed by atoms with van der Waals surface area (Å²) in [7, 11) is 3.21. The van der Waals surface area contributed by atoms with E-state index in [0.29, 0.717) is 25.9 Å². The van der Waals surface area contributed by atoms with Crippen LogP contribution in [0.2, 0.25) is 0 Å². The van der Waals surface area contributed by atoms with Gasteiger partial charge in [-0.1, -0.05) is 16.9 Å². The largest absolute Gasteiger partial charge is 0.359 e. The van der Waals surface area contributed by atoms with Crippen LogP contribution < -0.4 is 10.6 Å². The van der Waals surface area contributed by atoms with Crippen LogP contribution in [0, 0.1) is 0 Å². The number of carbonyl (C=O) groups is 2. The lowest BCUT2D eigenvalue weighted by Gasteiger charge is -2.04. The van der Waals surface area contributed by atoms with Crippen molar-refractivity contribution >= 4 is 33.9 Å². The van der Waals surface area contributed by atoms with Crippen molar-refractivity contribution in [2.45, 2.75) is 24.3 Å². The fourth-order valence-electron chi connectivity index (χ4n) is 1.36. The average molecular weight is 313 g/mol. The maximum absolute atomic E-state index is 11.5. The van der Waals surface area contributed by atoms with Gasteiger partial charge in [0.2, 0.25) is 12.3 Å². The molecule has 0 fully saturated rings. The van der Waals surface area contributed by atoms with Crippen LogP contribution >= 0.6 is 21.6 Å². The van der Waals surface area contributed by atoms with Crippen LogP contribution in [0.1, 0.15) is 19.3 Å². The highest BCUT2D eigenvalue weighted by Gasteiger charge is 2.01. The monoisotopic (exact) mass is 313 g/mol. The van der Waals surface area contributed by atoms with Gasteiger partial charge in [0.1, 0.15) is 5.03 Å². The van der Waals surface area contributed by atoms with E-state index >= 15 is 0 Å². The maximum atomic E-state index is 11.5. The Morgan fingerprint density at radius 2 is 2.15 bits per heavy atom. The topological polar surface area (TPSA) is 71.1 Å². The first-order valence-electron chi connectivity index (χ1n) is 6.47. The molecule has 0 bridgehead atoms. The van der Waals surface area contributed by atoms with Crippen molar-refractivity contribution in [2.75, 3.05) is 18.8 Å². The molecule has 1 heterocycles. The van der Waals surface area contributed by atoms with Crippen molar-refractivity contribution < 1.29 is 9.59 Å². The van der Waals surface area contributed by atoms with Gasteiger partial charge < -0.3 is 10.6 Å². The van der Waals surface area contributed by atoms with Crippen LogP contribution in [0.5, 0.6) is 0 Å². The number of unbranched alkanes of at least 4 members (excludes halogenated alkanes) is 1. The molecule has 110 valence electrons. The van der Waals surface area contributed by atoms with Crippen molar-refractivity contribution in [3.05, 3.63) is 24.4 Å². The number of pyridine rings is 1. The van der Waals surface area contributed by atoms with E-state index in [1.807, 2.05) is 18.2 Å². The molecule has 0 atom stereocenters. The summed E-state index contributed by atoms with van der Waals surface area (Å²) in [5, 5.41) is 6.41. The number of hydrogen-bond donors (Lipinski definition) is 2. The summed E-state index contributed by atoms with van der Waals surface area (Å²) in [5.41, 5.74) is 0. The second kappa shape index (κ2) is 11.6. The molecule has 5 nitrogen and oxygen atoms in total. The summed E-state index contributed by atoms with van der Waals surface area (Å²) in [6, 6.07) is 5.78. The summed E-state index contributed by atoms with van der Waals surface area (Å²) in [6.07, 6.45) is 4.72. The third-order valence-corrected chi connectivity index (χ3v) is 4.61. The number of amides is 2. The smallest absolute Gasteiger partial charge is 0.220 e. The van der Waals surface area contributed by atoms with Crippen LogP contribution in [0.25, 0.3) is 0 Å². The first kappa shape index (κ1) is 16.8. The third-order valence-electron chi connectivity index (χ3n) is 2.35. The van der Waals surface area contributed by atoms with Crippen LogP contribution in [-0.4, -0.2) is 36.1 Å². The Balaban J connectivity index is 1.94. The van der Waals surface area contributed by atoms with E-state index in [2.05, 4.69) is 15.6 Å². The van der Waals surface area contributed by atoms with E-state index < -0.39 is 0 Å². The SMILES string of the molecule is O=CNCCCCNC(=O)CCSSc1ccccn1. The first-order chi connectivity index (χ1) is 9.83. The van der Waals surface area contributed by atoms with Crippen molar-refractivity contribution in [1.82, 2.24) is 15.6 Å². The van der Waals surface area contributed by atoms with Crippen LogP contribution in [0.3, 0.4) is 0 Å². The molecule has 0 saturated carbocycles. The highest BCUT2D eigenvalue weighted by Crippen LogP contribution is 2.29. The number of hydrogen-bond acceptors (Lipinski definition) is 5. The Kier molecular flexibility index (Phi) is 9.77. The Bertz CT molecular complexity index is 390. The Morgan fingerprint density at radius 3 is 2.90 bits per heavy atom. The number of nitrogens with zero attached hydrogens (tertiary/aromatic N) is 1. The van der Waals surface area contributed by atoms with Crippen molar-refractivity contribution in [3.8, 4) is 0 Å². The highest BCUT2D eigenvalue weighted by atomic mass is 33.1. The maximum Gasteiger partial charge on any atom is 0.220 e. The summed E-state index contributed by atoms with van der Waals surface area (Å²) < 4.78 is 0. The van der Waals surface area contributed by atoms with E-state index in [9.17, 15) is 9.59 Å². The zero-order valence-electron chi connectivity index (χ0n) is 11.2. The average Bonchev–Trinajstić information content (AvgIpc) is 2.48. The standard InChI is InChI=1S/C13H19N3O2S2/c17-11-14-7-3-4-8-15-12(18)6-10-19-20-13-5-1-2-9-16-13/h1-2,5,9,11H,3-4,6-8,10H2,(H,14,17)(H,15,18). The molecule has 1 aromatic heterocycles. The lowest BCUT2D eigenvalue weighted by atomic mass is 10.3. The first-order valence-corrected chi connectivity index (χ1v) is 8.79. The van der Waals surface area contributed by atoms with Gasteiger partial charge in [-0.05, 0) is 35.8 Å². The summed E-state index contributed by atoms with van der Waals surface area (Å²) in [4.78, 5) is 25.7. The van der Waals surface area contributed by atoms with Crippen LogP contribution in [0.15, 0.2) is 29.4 Å². The number of aromatic nitrogens is 1. The fraction of sp³-hybridized carbons (Fsp3) is 0.462. The van der Waals surface area contributed by atoms with Gasteiger partial charge in [0.25, 0.3) is 0 Å². The van der Waals surface area contributed by atoms with Crippen molar-refractivity contribution in [2.24, 2.45) is 0 Å². The van der Waals surface area contributed by atoms with Crippen LogP contribution in [-0.2, 0) is 9.59 Å². The Labute approximate surface area is 127 Å². The molecule has 7 heteroatoms. The van der Waals surface area contributed by atoms with Crippen molar-refractivity contribution in [1.29, 1.82) is 0 Å². The minimum atomic E-state index is 0.0717. The summed E-state index contributed by atoms with van der Waals surface area (Å²) in [5.74, 6) is 0.835. The third kappa shape index (κ3) is 8.82. The summed E-state index contributed by atoms with van der Waals surface area (Å²) >= 11 is 0. The van der Waals surface area contributed by atoms with Gasteiger partial charge >= 0.3 is 0 Å². The lowest BCUT2D eigenvalue weighted by Crippen LogP contribution is -2.25. The Hall–Kier alpha value is -1.21. The predicted octanol–water partition coefficient (Wildman–Crippen LogP) is 1.85. The quantitative estimate of drug-likeness (QED) is 0.371. The normalized spacial score (nSPS) is 10.0. The molecule has 0 aliphatic rings.